The lowest BCUT2D eigenvalue weighted by molar-refractivity contribution is 0.0780. The van der Waals surface area contributed by atoms with E-state index in [0.717, 1.165) is 11.3 Å². The predicted octanol–water partition coefficient (Wildman–Crippen LogP) is 3.39. The van der Waals surface area contributed by atoms with Crippen molar-refractivity contribution in [2.75, 3.05) is 7.05 Å². The maximum Gasteiger partial charge on any atom is 0.257 e. The van der Waals surface area contributed by atoms with Gasteiger partial charge >= 0.3 is 0 Å². The monoisotopic (exact) mass is 339 g/mol. The van der Waals surface area contributed by atoms with Crippen molar-refractivity contribution >= 4 is 17.2 Å². The van der Waals surface area contributed by atoms with Gasteiger partial charge in [-0.25, -0.2) is 4.98 Å². The zero-order valence-corrected chi connectivity index (χ0v) is 14.1. The molecule has 24 heavy (non-hydrogen) atoms. The van der Waals surface area contributed by atoms with Crippen molar-refractivity contribution in [3.63, 3.8) is 0 Å². The van der Waals surface area contributed by atoms with E-state index in [1.165, 1.54) is 11.3 Å². The number of carbonyl (C=O) groups is 1. The van der Waals surface area contributed by atoms with E-state index in [4.69, 9.17) is 4.74 Å². The van der Waals surface area contributed by atoms with E-state index in [0.29, 0.717) is 24.5 Å². The molecule has 5 nitrogen and oxygen atoms in total. The number of pyridine rings is 1. The van der Waals surface area contributed by atoms with Crippen molar-refractivity contribution in [1.82, 2.24) is 14.9 Å². The number of nitrogens with zero attached hydrogens (tertiary/aromatic N) is 3. The molecule has 3 aromatic rings. The topological polar surface area (TPSA) is 55.3 Å². The fraction of sp³-hybridized carbons (Fsp3) is 0.167. The Morgan fingerprint density at radius 3 is 2.88 bits per heavy atom. The first kappa shape index (κ1) is 16.1. The molecule has 0 N–H and O–H groups in total. The third-order valence-electron chi connectivity index (χ3n) is 3.47. The van der Waals surface area contributed by atoms with Crippen LogP contribution in [-0.2, 0) is 13.2 Å². The van der Waals surface area contributed by atoms with Gasteiger partial charge in [0.05, 0.1) is 16.8 Å². The van der Waals surface area contributed by atoms with Gasteiger partial charge in [-0.05, 0) is 23.8 Å². The van der Waals surface area contributed by atoms with E-state index < -0.39 is 0 Å². The molecular formula is C18H17N3O2S. The highest BCUT2D eigenvalue weighted by atomic mass is 32.1. The number of benzene rings is 1. The Labute approximate surface area is 144 Å². The van der Waals surface area contributed by atoms with Gasteiger partial charge in [0.2, 0.25) is 0 Å². The van der Waals surface area contributed by atoms with Gasteiger partial charge in [-0.3, -0.25) is 9.78 Å². The number of hydrogen-bond donors (Lipinski definition) is 0. The molecule has 0 saturated carbocycles. The number of thiazole rings is 1. The summed E-state index contributed by atoms with van der Waals surface area (Å²) in [5.41, 5.74) is 4.14. The molecule has 0 spiro atoms. The van der Waals surface area contributed by atoms with Crippen LogP contribution < -0.4 is 4.74 Å². The SMILES string of the molecule is CN(Cc1cccnc1)C(=O)c1ccccc1OCc1cscn1. The Hall–Kier alpha value is -2.73. The van der Waals surface area contributed by atoms with E-state index in [1.54, 1.807) is 42.0 Å². The van der Waals surface area contributed by atoms with Crippen molar-refractivity contribution in [1.29, 1.82) is 0 Å². The average Bonchev–Trinajstić information content (AvgIpc) is 3.14. The van der Waals surface area contributed by atoms with Gasteiger partial charge in [0.15, 0.2) is 0 Å². The number of aromatic nitrogens is 2. The van der Waals surface area contributed by atoms with Crippen LogP contribution in [0.4, 0.5) is 0 Å². The highest BCUT2D eigenvalue weighted by Crippen LogP contribution is 2.21. The smallest absolute Gasteiger partial charge is 0.257 e. The van der Waals surface area contributed by atoms with Crippen molar-refractivity contribution in [2.45, 2.75) is 13.2 Å². The van der Waals surface area contributed by atoms with Gasteiger partial charge < -0.3 is 9.64 Å². The van der Waals surface area contributed by atoms with Gasteiger partial charge in [-0.15, -0.1) is 11.3 Å². The minimum absolute atomic E-state index is 0.0901. The van der Waals surface area contributed by atoms with Crippen LogP contribution in [0.25, 0.3) is 0 Å². The van der Waals surface area contributed by atoms with Crippen LogP contribution in [0, 0.1) is 0 Å². The summed E-state index contributed by atoms with van der Waals surface area (Å²) in [7, 11) is 1.77. The summed E-state index contributed by atoms with van der Waals surface area (Å²) in [5.74, 6) is 0.473. The first-order valence-electron chi connectivity index (χ1n) is 7.47. The number of hydrogen-bond acceptors (Lipinski definition) is 5. The number of rotatable bonds is 6. The molecule has 0 saturated heterocycles. The van der Waals surface area contributed by atoms with E-state index >= 15 is 0 Å². The van der Waals surface area contributed by atoms with Crippen LogP contribution in [0.1, 0.15) is 21.6 Å². The Bertz CT molecular complexity index is 791. The molecule has 3 rings (SSSR count). The maximum absolute atomic E-state index is 12.7. The third kappa shape index (κ3) is 3.97. The second-order valence-corrected chi connectivity index (χ2v) is 6.01. The van der Waals surface area contributed by atoms with Gasteiger partial charge in [-0.2, -0.15) is 0 Å². The molecule has 0 aliphatic rings. The molecule has 1 amide bonds. The third-order valence-corrected chi connectivity index (χ3v) is 4.10. The zero-order chi connectivity index (χ0) is 16.8. The molecule has 0 aliphatic heterocycles. The summed E-state index contributed by atoms with van der Waals surface area (Å²) in [4.78, 5) is 22.7. The fourth-order valence-corrected chi connectivity index (χ4v) is 2.82. The first-order valence-corrected chi connectivity index (χ1v) is 8.41. The van der Waals surface area contributed by atoms with Gasteiger partial charge in [0.1, 0.15) is 12.4 Å². The lowest BCUT2D eigenvalue weighted by Gasteiger charge is -2.19. The van der Waals surface area contributed by atoms with Crippen molar-refractivity contribution in [3.05, 3.63) is 76.5 Å². The second kappa shape index (κ2) is 7.70. The fourth-order valence-electron chi connectivity index (χ4n) is 2.27. The molecular weight excluding hydrogens is 322 g/mol. The summed E-state index contributed by atoms with van der Waals surface area (Å²) in [6.45, 7) is 0.840. The van der Waals surface area contributed by atoms with Crippen molar-refractivity contribution < 1.29 is 9.53 Å². The van der Waals surface area contributed by atoms with Crippen LogP contribution in [0.15, 0.2) is 59.7 Å². The number of carbonyl (C=O) groups excluding carboxylic acids is 1. The Balaban J connectivity index is 1.72. The summed E-state index contributed by atoms with van der Waals surface area (Å²) in [6, 6.07) is 11.1. The standard InChI is InChI=1S/C18H17N3O2S/c1-21(10-14-5-4-8-19-9-14)18(22)16-6-2-3-7-17(16)23-11-15-12-24-13-20-15/h2-9,12-13H,10-11H2,1H3. The molecule has 0 fully saturated rings. The van der Waals surface area contributed by atoms with E-state index in [-0.39, 0.29) is 5.91 Å². The summed E-state index contributed by atoms with van der Waals surface area (Å²) in [5, 5.41) is 1.93. The Kier molecular flexibility index (Phi) is 5.18. The molecule has 0 bridgehead atoms. The Morgan fingerprint density at radius 1 is 1.25 bits per heavy atom. The number of ether oxygens (including phenoxy) is 1. The second-order valence-electron chi connectivity index (χ2n) is 5.29. The highest BCUT2D eigenvalue weighted by Gasteiger charge is 2.17. The minimum Gasteiger partial charge on any atom is -0.486 e. The maximum atomic E-state index is 12.7. The van der Waals surface area contributed by atoms with Crippen LogP contribution >= 0.6 is 11.3 Å². The summed E-state index contributed by atoms with van der Waals surface area (Å²) < 4.78 is 5.79. The largest absolute Gasteiger partial charge is 0.486 e. The summed E-state index contributed by atoms with van der Waals surface area (Å²) in [6.07, 6.45) is 3.47. The number of amides is 1. The average molecular weight is 339 g/mol. The molecule has 122 valence electrons. The molecule has 1 aromatic carbocycles. The van der Waals surface area contributed by atoms with Gasteiger partial charge in [0.25, 0.3) is 5.91 Å². The molecule has 0 aliphatic carbocycles. The minimum atomic E-state index is -0.0901. The van der Waals surface area contributed by atoms with Crippen LogP contribution in [0.2, 0.25) is 0 Å². The van der Waals surface area contributed by atoms with Crippen LogP contribution in [0.5, 0.6) is 5.75 Å². The van der Waals surface area contributed by atoms with Crippen molar-refractivity contribution in [3.8, 4) is 5.75 Å². The van der Waals surface area contributed by atoms with Gasteiger partial charge in [0, 0.05) is 31.4 Å². The number of para-hydroxylation sites is 1. The molecule has 0 unspecified atom stereocenters. The Morgan fingerprint density at radius 2 is 2.12 bits per heavy atom. The molecule has 0 atom stereocenters. The van der Waals surface area contributed by atoms with E-state index in [9.17, 15) is 4.79 Å². The van der Waals surface area contributed by atoms with Gasteiger partial charge in [-0.1, -0.05) is 18.2 Å². The summed E-state index contributed by atoms with van der Waals surface area (Å²) >= 11 is 1.52. The van der Waals surface area contributed by atoms with E-state index in [1.807, 2.05) is 29.6 Å². The normalized spacial score (nSPS) is 10.4. The van der Waals surface area contributed by atoms with Crippen molar-refractivity contribution in [2.24, 2.45) is 0 Å². The van der Waals surface area contributed by atoms with E-state index in [2.05, 4.69) is 9.97 Å². The lowest BCUT2D eigenvalue weighted by atomic mass is 10.1. The predicted molar refractivity (Wildman–Crippen MR) is 92.9 cm³/mol. The van der Waals surface area contributed by atoms with Crippen LogP contribution in [-0.4, -0.2) is 27.8 Å². The molecule has 2 aromatic heterocycles. The lowest BCUT2D eigenvalue weighted by Crippen LogP contribution is -2.26. The molecule has 2 heterocycles. The highest BCUT2D eigenvalue weighted by molar-refractivity contribution is 7.07. The van der Waals surface area contributed by atoms with Crippen LogP contribution in [0.3, 0.4) is 0 Å². The zero-order valence-electron chi connectivity index (χ0n) is 13.3. The quantitative estimate of drug-likeness (QED) is 0.691. The first-order chi connectivity index (χ1) is 11.7. The molecule has 6 heteroatoms. The molecule has 0 radical (unpaired) electrons.